The van der Waals surface area contributed by atoms with E-state index in [4.69, 9.17) is 4.74 Å². The summed E-state index contributed by atoms with van der Waals surface area (Å²) in [5, 5.41) is 0. The van der Waals surface area contributed by atoms with E-state index in [0.717, 1.165) is 42.6 Å². The molecule has 1 radical (unpaired) electrons. The van der Waals surface area contributed by atoms with Crippen LogP contribution in [-0.2, 0) is 53.5 Å². The second kappa shape index (κ2) is 11.3. The van der Waals surface area contributed by atoms with Gasteiger partial charge in [-0.1, -0.05) is 48.5 Å². The second-order valence-electron chi connectivity index (χ2n) is 8.48. The summed E-state index contributed by atoms with van der Waals surface area (Å²) in [6.07, 6.45) is 2.53. The van der Waals surface area contributed by atoms with Crippen LogP contribution < -0.4 is 0 Å². The van der Waals surface area contributed by atoms with Gasteiger partial charge in [-0.3, -0.25) is 4.79 Å². The van der Waals surface area contributed by atoms with Crippen molar-refractivity contribution in [3.63, 3.8) is 0 Å². The summed E-state index contributed by atoms with van der Waals surface area (Å²) in [6.45, 7) is 6.40. The maximum absolute atomic E-state index is 13.1. The minimum Gasteiger partial charge on any atom is -0.465 e. The monoisotopic (exact) mass is 483 g/mol. The first-order valence-electron chi connectivity index (χ1n) is 10.5. The van der Waals surface area contributed by atoms with E-state index in [1.54, 1.807) is 0 Å². The van der Waals surface area contributed by atoms with E-state index in [0.29, 0.717) is 23.4 Å². The smallest absolute Gasteiger partial charge is 0.361 e. The number of ether oxygens (including phenoxy) is 1. The average Bonchev–Trinajstić information content (AvgIpc) is 2.71. The van der Waals surface area contributed by atoms with Gasteiger partial charge < -0.3 is 9.22 Å². The normalized spacial score (nSPS) is 20.8. The number of aryl methyl sites for hydroxylation is 2. The number of quaternary nitrogens is 1. The van der Waals surface area contributed by atoms with E-state index in [9.17, 15) is 9.59 Å². The molecular formula is C25H32NO3Y+. The number of Topliss-reactive ketones (excluding diaryl/α,β-unsaturated/α-hetero) is 1. The van der Waals surface area contributed by atoms with Crippen LogP contribution in [-0.4, -0.2) is 49.5 Å². The summed E-state index contributed by atoms with van der Waals surface area (Å²) in [4.78, 5) is 25.4. The molecule has 3 rings (SSSR count). The number of esters is 1. The van der Waals surface area contributed by atoms with Gasteiger partial charge in [0, 0.05) is 45.0 Å². The third-order valence-corrected chi connectivity index (χ3v) is 6.29. The maximum Gasteiger partial charge on any atom is 0.361 e. The summed E-state index contributed by atoms with van der Waals surface area (Å²) >= 11 is 0. The number of benzene rings is 2. The molecular weight excluding hydrogens is 451 g/mol. The molecule has 30 heavy (non-hydrogen) atoms. The van der Waals surface area contributed by atoms with E-state index in [2.05, 4.69) is 50.2 Å². The molecule has 2 aromatic rings. The van der Waals surface area contributed by atoms with Crippen LogP contribution in [0, 0.1) is 13.8 Å². The Hall–Kier alpha value is -1.36. The van der Waals surface area contributed by atoms with Crippen molar-refractivity contribution in [1.29, 1.82) is 0 Å². The number of piperidine rings is 1. The van der Waals surface area contributed by atoms with Crippen molar-refractivity contribution in [1.82, 2.24) is 0 Å². The second-order valence-corrected chi connectivity index (χ2v) is 8.48. The van der Waals surface area contributed by atoms with Crippen LogP contribution in [0.15, 0.2) is 48.5 Å². The van der Waals surface area contributed by atoms with Crippen LogP contribution in [0.2, 0.25) is 0 Å². The Bertz CT molecular complexity index is 848. The molecule has 0 spiro atoms. The first-order valence-corrected chi connectivity index (χ1v) is 10.5. The molecule has 2 atom stereocenters. The van der Waals surface area contributed by atoms with Gasteiger partial charge in [0.1, 0.15) is 6.54 Å². The molecule has 0 N–H and O–H groups in total. The van der Waals surface area contributed by atoms with E-state index >= 15 is 0 Å². The van der Waals surface area contributed by atoms with Gasteiger partial charge in [0.25, 0.3) is 0 Å². The first-order chi connectivity index (χ1) is 13.9. The van der Waals surface area contributed by atoms with Crippen molar-refractivity contribution in [2.75, 3.05) is 33.3 Å². The minimum atomic E-state index is -0.237. The van der Waals surface area contributed by atoms with Gasteiger partial charge in [0.2, 0.25) is 0 Å². The van der Waals surface area contributed by atoms with Crippen LogP contribution in [0.4, 0.5) is 0 Å². The zero-order valence-electron chi connectivity index (χ0n) is 18.4. The third kappa shape index (κ3) is 6.32. The van der Waals surface area contributed by atoms with Gasteiger partial charge in [-0.05, 0) is 48.9 Å². The number of carbonyl (C=O) groups is 2. The number of carbonyl (C=O) groups excluding carboxylic acids is 2. The molecule has 157 valence electrons. The van der Waals surface area contributed by atoms with Crippen molar-refractivity contribution < 1.29 is 51.5 Å². The zero-order chi connectivity index (χ0) is 20.9. The number of ketones is 1. The standard InChI is InChI=1S/C25H32NO3.Y/c1-19-9-7-10-20(2)24(19)15-23(27)17-26(18-25(28)29-3)14-8-13-22(16-26)21-11-5-4-6-12-21;/h4-7,9-12,22H,8,13-18H2,1-3H3;/q+1;. The van der Waals surface area contributed by atoms with Crippen molar-refractivity contribution in [2.45, 2.75) is 39.0 Å². The number of methoxy groups -OCH3 is 1. The fraction of sp³-hybridized carbons (Fsp3) is 0.440. The average molecular weight is 483 g/mol. The summed E-state index contributed by atoms with van der Waals surface area (Å²) in [5.41, 5.74) is 4.71. The van der Waals surface area contributed by atoms with Gasteiger partial charge in [0.05, 0.1) is 20.2 Å². The molecule has 2 aromatic carbocycles. The molecule has 1 fully saturated rings. The quantitative estimate of drug-likeness (QED) is 0.442. The molecule has 1 aliphatic heterocycles. The topological polar surface area (TPSA) is 43.4 Å². The predicted octanol–water partition coefficient (Wildman–Crippen LogP) is 3.98. The molecule has 1 saturated heterocycles. The predicted molar refractivity (Wildman–Crippen MR) is 115 cm³/mol. The van der Waals surface area contributed by atoms with Crippen LogP contribution in [0.5, 0.6) is 0 Å². The molecule has 0 saturated carbocycles. The molecule has 1 heterocycles. The summed E-state index contributed by atoms with van der Waals surface area (Å²) in [6, 6.07) is 16.6. The Morgan fingerprint density at radius 1 is 1.00 bits per heavy atom. The van der Waals surface area contributed by atoms with Gasteiger partial charge in [-0.25, -0.2) is 4.79 Å². The molecule has 0 bridgehead atoms. The molecule has 1 aliphatic rings. The summed E-state index contributed by atoms with van der Waals surface area (Å²) in [7, 11) is 1.43. The SMILES string of the molecule is COC(=O)C[N+]1(CC(=O)Cc2c(C)cccc2C)CCCC(c2ccccc2)C1.[Y]. The van der Waals surface area contributed by atoms with Crippen LogP contribution in [0.1, 0.15) is 41.0 Å². The van der Waals surface area contributed by atoms with Crippen LogP contribution in [0.3, 0.4) is 0 Å². The number of rotatable bonds is 7. The van der Waals surface area contributed by atoms with Gasteiger partial charge in [-0.15, -0.1) is 0 Å². The zero-order valence-corrected chi connectivity index (χ0v) is 21.2. The van der Waals surface area contributed by atoms with Crippen molar-refractivity contribution in [3.05, 3.63) is 70.8 Å². The van der Waals surface area contributed by atoms with Gasteiger partial charge in [0.15, 0.2) is 12.3 Å². The number of hydrogen-bond donors (Lipinski definition) is 0. The Morgan fingerprint density at radius 2 is 1.67 bits per heavy atom. The maximum atomic E-state index is 13.1. The number of hydrogen-bond acceptors (Lipinski definition) is 3. The van der Waals surface area contributed by atoms with Crippen LogP contribution >= 0.6 is 0 Å². The third-order valence-electron chi connectivity index (χ3n) is 6.29. The molecule has 4 nitrogen and oxygen atoms in total. The molecule has 0 amide bonds. The fourth-order valence-electron chi connectivity index (χ4n) is 4.76. The van der Waals surface area contributed by atoms with E-state index < -0.39 is 0 Å². The van der Waals surface area contributed by atoms with Gasteiger partial charge >= 0.3 is 5.97 Å². The Morgan fingerprint density at radius 3 is 2.30 bits per heavy atom. The first kappa shape index (κ1) is 24.9. The Balaban J connectivity index is 0.00000320. The molecule has 5 heteroatoms. The van der Waals surface area contributed by atoms with E-state index in [-0.39, 0.29) is 51.0 Å². The van der Waals surface area contributed by atoms with Crippen molar-refractivity contribution in [2.24, 2.45) is 0 Å². The van der Waals surface area contributed by atoms with Gasteiger partial charge in [-0.2, -0.15) is 0 Å². The molecule has 0 aromatic heterocycles. The van der Waals surface area contributed by atoms with Crippen molar-refractivity contribution >= 4 is 11.8 Å². The van der Waals surface area contributed by atoms with Crippen molar-refractivity contribution in [3.8, 4) is 0 Å². The Kier molecular flexibility index (Phi) is 9.40. The van der Waals surface area contributed by atoms with E-state index in [1.165, 1.54) is 12.7 Å². The minimum absolute atomic E-state index is 0. The fourth-order valence-corrected chi connectivity index (χ4v) is 4.76. The largest absolute Gasteiger partial charge is 0.465 e. The summed E-state index contributed by atoms with van der Waals surface area (Å²) < 4.78 is 5.49. The number of nitrogens with zero attached hydrogens (tertiary/aromatic N) is 1. The van der Waals surface area contributed by atoms with Crippen LogP contribution in [0.25, 0.3) is 0 Å². The molecule has 2 unspecified atom stereocenters. The number of likely N-dealkylation sites (tertiary alicyclic amines) is 1. The van der Waals surface area contributed by atoms with E-state index in [1.807, 2.05) is 12.1 Å². The summed E-state index contributed by atoms with van der Waals surface area (Å²) in [5.74, 6) is 0.321. The molecule has 0 aliphatic carbocycles. The Labute approximate surface area is 205 Å².